The molecule has 23 heavy (non-hydrogen) atoms. The molecule has 2 nitrogen and oxygen atoms in total. The lowest BCUT2D eigenvalue weighted by Crippen LogP contribution is -2.51. The van der Waals surface area contributed by atoms with Crippen LogP contribution >= 0.6 is 0 Å². The van der Waals surface area contributed by atoms with Crippen LogP contribution in [0.25, 0.3) is 0 Å². The maximum absolute atomic E-state index is 12.6. The van der Waals surface area contributed by atoms with E-state index < -0.39 is 16.6 Å². The van der Waals surface area contributed by atoms with Crippen molar-refractivity contribution in [3.05, 3.63) is 65.2 Å². The van der Waals surface area contributed by atoms with Crippen LogP contribution in [-0.4, -0.2) is 22.4 Å². The van der Waals surface area contributed by atoms with Crippen LogP contribution in [-0.2, 0) is 4.12 Å². The Labute approximate surface area is 141 Å². The second-order valence-electron chi connectivity index (χ2n) is 7.50. The van der Waals surface area contributed by atoms with Crippen molar-refractivity contribution in [2.75, 3.05) is 0 Å². The van der Waals surface area contributed by atoms with Gasteiger partial charge in [0.25, 0.3) is 0 Å². The zero-order valence-electron chi connectivity index (χ0n) is 14.9. The van der Waals surface area contributed by atoms with Crippen LogP contribution in [0.2, 0.25) is 32.7 Å². The van der Waals surface area contributed by atoms with Gasteiger partial charge < -0.3 is 4.12 Å². The minimum absolute atomic E-state index is 0.0748. The third kappa shape index (κ3) is 4.74. The Balaban J connectivity index is 2.24. The Hall–Kier alpha value is -1.50. The van der Waals surface area contributed by atoms with Crippen molar-refractivity contribution in [3.63, 3.8) is 0 Å². The van der Waals surface area contributed by atoms with Crippen LogP contribution in [0.4, 0.5) is 0 Å². The minimum atomic E-state index is -1.91. The monoisotopic (exact) mass is 342 g/mol. The summed E-state index contributed by atoms with van der Waals surface area (Å²) in [5.41, 5.74) is 2.58. The highest BCUT2D eigenvalue weighted by Gasteiger charge is 2.31. The Morgan fingerprint density at radius 1 is 0.870 bits per heavy atom. The van der Waals surface area contributed by atoms with Gasteiger partial charge >= 0.3 is 0 Å². The van der Waals surface area contributed by atoms with Gasteiger partial charge in [-0.3, -0.25) is 4.79 Å². The summed E-state index contributed by atoms with van der Waals surface area (Å²) in [5, 5.41) is 1.24. The smallest absolute Gasteiger partial charge is 0.205 e. The minimum Gasteiger partial charge on any atom is -0.452 e. The summed E-state index contributed by atoms with van der Waals surface area (Å²) in [5.74, 6) is 0.0748. The van der Waals surface area contributed by atoms with E-state index in [1.165, 1.54) is 5.19 Å². The number of carbonyl (C=O) groups is 1. The third-order valence-electron chi connectivity index (χ3n) is 3.68. The lowest BCUT2D eigenvalue weighted by molar-refractivity contribution is 0.103. The van der Waals surface area contributed by atoms with Gasteiger partial charge in [-0.1, -0.05) is 48.0 Å². The molecule has 0 spiro atoms. The zero-order chi connectivity index (χ0) is 17.3. The molecule has 2 aromatic rings. The number of hydrogen-bond donors (Lipinski definition) is 0. The van der Waals surface area contributed by atoms with Gasteiger partial charge in [0.15, 0.2) is 14.1 Å². The topological polar surface area (TPSA) is 26.3 Å². The van der Waals surface area contributed by atoms with Gasteiger partial charge in [-0.05, 0) is 50.9 Å². The largest absolute Gasteiger partial charge is 0.452 e. The summed E-state index contributed by atoms with van der Waals surface area (Å²) in [6.07, 6.45) is 0. The molecular formula is C19H26O2Si2. The summed E-state index contributed by atoms with van der Waals surface area (Å²) >= 11 is 0. The van der Waals surface area contributed by atoms with Gasteiger partial charge in [0.05, 0.1) is 0 Å². The second-order valence-corrected chi connectivity index (χ2v) is 16.1. The first kappa shape index (κ1) is 17.9. The number of aryl methyl sites for hydroxylation is 1. The van der Waals surface area contributed by atoms with Crippen LogP contribution in [0.5, 0.6) is 0 Å². The van der Waals surface area contributed by atoms with E-state index in [1.807, 2.05) is 43.3 Å². The van der Waals surface area contributed by atoms with Crippen molar-refractivity contribution in [1.82, 2.24) is 0 Å². The highest BCUT2D eigenvalue weighted by Crippen LogP contribution is 2.16. The Morgan fingerprint density at radius 3 is 2.00 bits per heavy atom. The molecule has 2 rings (SSSR count). The fourth-order valence-electron chi connectivity index (χ4n) is 2.80. The molecule has 0 amide bonds. The lowest BCUT2D eigenvalue weighted by atomic mass is 10.0. The first-order valence-corrected chi connectivity index (χ1v) is 14.3. The van der Waals surface area contributed by atoms with Crippen LogP contribution in [0.15, 0.2) is 48.5 Å². The molecule has 0 bridgehead atoms. The van der Waals surface area contributed by atoms with Gasteiger partial charge in [0, 0.05) is 11.1 Å². The number of benzene rings is 2. The molecule has 2 aromatic carbocycles. The Kier molecular flexibility index (Phi) is 5.08. The lowest BCUT2D eigenvalue weighted by Gasteiger charge is -2.31. The molecule has 0 N–H and O–H groups in total. The molecule has 0 aliphatic heterocycles. The summed E-state index contributed by atoms with van der Waals surface area (Å²) < 4.78 is 6.40. The summed E-state index contributed by atoms with van der Waals surface area (Å²) in [6.45, 7) is 13.1. The molecule has 0 saturated heterocycles. The maximum atomic E-state index is 12.6. The van der Waals surface area contributed by atoms with Crippen molar-refractivity contribution < 1.29 is 8.91 Å². The molecule has 0 atom stereocenters. The summed E-state index contributed by atoms with van der Waals surface area (Å²) in [6, 6.07) is 15.7. The average Bonchev–Trinajstić information content (AvgIpc) is 2.44. The van der Waals surface area contributed by atoms with Gasteiger partial charge in [-0.2, -0.15) is 0 Å². The predicted octanol–water partition coefficient (Wildman–Crippen LogP) is 4.49. The Morgan fingerprint density at radius 2 is 1.48 bits per heavy atom. The van der Waals surface area contributed by atoms with Crippen LogP contribution in [0.1, 0.15) is 21.5 Å². The molecule has 0 heterocycles. The van der Waals surface area contributed by atoms with Crippen LogP contribution < -0.4 is 5.19 Å². The van der Waals surface area contributed by atoms with Crippen LogP contribution in [0, 0.1) is 6.92 Å². The van der Waals surface area contributed by atoms with Crippen LogP contribution in [0.3, 0.4) is 0 Å². The highest BCUT2D eigenvalue weighted by atomic mass is 28.4. The fourth-order valence-corrected chi connectivity index (χ4v) is 10.4. The first-order chi connectivity index (χ1) is 10.6. The van der Waals surface area contributed by atoms with E-state index in [0.29, 0.717) is 0 Å². The molecule has 0 fully saturated rings. The average molecular weight is 343 g/mol. The SMILES string of the molecule is Cc1cccc(C(=O)c2ccc([Si](C)(C)O[Si](C)(C)C)cc2)c1. The summed E-state index contributed by atoms with van der Waals surface area (Å²) in [7, 11) is -3.49. The Bertz CT molecular complexity index is 698. The molecule has 0 saturated carbocycles. The van der Waals surface area contributed by atoms with Gasteiger partial charge in [-0.15, -0.1) is 0 Å². The number of ketones is 1. The number of hydrogen-bond acceptors (Lipinski definition) is 2. The van der Waals surface area contributed by atoms with Gasteiger partial charge in [-0.25, -0.2) is 0 Å². The predicted molar refractivity (Wildman–Crippen MR) is 103 cm³/mol. The second kappa shape index (κ2) is 6.55. The van der Waals surface area contributed by atoms with E-state index in [4.69, 9.17) is 4.12 Å². The van der Waals surface area contributed by atoms with E-state index in [2.05, 4.69) is 44.9 Å². The fraction of sp³-hybridized carbons (Fsp3) is 0.316. The number of rotatable bonds is 5. The van der Waals surface area contributed by atoms with E-state index in [0.717, 1.165) is 16.7 Å². The maximum Gasteiger partial charge on any atom is 0.205 e. The van der Waals surface area contributed by atoms with E-state index >= 15 is 0 Å². The molecule has 0 radical (unpaired) electrons. The van der Waals surface area contributed by atoms with Crippen molar-refractivity contribution in [2.45, 2.75) is 39.7 Å². The van der Waals surface area contributed by atoms with Crippen molar-refractivity contribution in [3.8, 4) is 0 Å². The highest BCUT2D eigenvalue weighted by molar-refractivity contribution is 6.92. The van der Waals surface area contributed by atoms with E-state index in [-0.39, 0.29) is 5.78 Å². The molecule has 0 aliphatic carbocycles. The summed E-state index contributed by atoms with van der Waals surface area (Å²) in [4.78, 5) is 12.6. The quantitative estimate of drug-likeness (QED) is 0.591. The molecular weight excluding hydrogens is 316 g/mol. The van der Waals surface area contributed by atoms with E-state index in [1.54, 1.807) is 0 Å². The number of carbonyl (C=O) groups excluding carboxylic acids is 1. The van der Waals surface area contributed by atoms with Crippen molar-refractivity contribution in [2.24, 2.45) is 0 Å². The van der Waals surface area contributed by atoms with Crippen molar-refractivity contribution >= 4 is 27.6 Å². The standard InChI is InChI=1S/C19H26O2Si2/c1-15-8-7-9-17(14-15)19(20)16-10-12-18(13-11-16)23(5,6)21-22(2,3)4/h7-14H,1-6H3. The normalized spacial score (nSPS) is 12.3. The van der Waals surface area contributed by atoms with E-state index in [9.17, 15) is 4.79 Å². The molecule has 0 aromatic heterocycles. The van der Waals surface area contributed by atoms with Gasteiger partial charge in [0.2, 0.25) is 8.32 Å². The van der Waals surface area contributed by atoms with Crippen molar-refractivity contribution in [1.29, 1.82) is 0 Å². The third-order valence-corrected chi connectivity index (χ3v) is 9.90. The molecule has 4 heteroatoms. The zero-order valence-corrected chi connectivity index (χ0v) is 16.9. The first-order valence-electron chi connectivity index (χ1n) is 8.01. The molecule has 122 valence electrons. The molecule has 0 aliphatic rings. The molecule has 0 unspecified atom stereocenters. The van der Waals surface area contributed by atoms with Gasteiger partial charge in [0.1, 0.15) is 0 Å².